The Morgan fingerprint density at radius 2 is 2.10 bits per heavy atom. The number of non-ortho nitro benzene ring substituents is 1. The highest BCUT2D eigenvalue weighted by Crippen LogP contribution is 2.27. The standard InChI is InChI=1S/C19H21N3O7S2/c1-13(18(23)20-15-6-2-7-16(11-15)22(25)26)29-19(24)14-5-3-9-21(12-14)31(27,28)17-8-4-10-30-17/h2,4,6-8,10-11,13-14H,3,5,9,12H2,1H3,(H,20,23). The molecule has 1 N–H and O–H groups in total. The first-order valence-electron chi connectivity index (χ1n) is 9.48. The number of nitro benzene ring substituents is 1. The first-order chi connectivity index (χ1) is 14.7. The maximum atomic E-state index is 12.7. The summed E-state index contributed by atoms with van der Waals surface area (Å²) in [5.41, 5.74) is 0.0182. The van der Waals surface area contributed by atoms with Crippen molar-refractivity contribution >= 4 is 44.6 Å². The van der Waals surface area contributed by atoms with Crippen molar-refractivity contribution in [2.45, 2.75) is 30.1 Å². The van der Waals surface area contributed by atoms with Crippen molar-refractivity contribution in [2.24, 2.45) is 5.92 Å². The number of carbonyl (C=O) groups is 2. The molecule has 1 fully saturated rings. The number of carbonyl (C=O) groups excluding carboxylic acids is 2. The van der Waals surface area contributed by atoms with Gasteiger partial charge in [0, 0.05) is 30.9 Å². The van der Waals surface area contributed by atoms with E-state index in [0.29, 0.717) is 19.4 Å². The molecule has 0 aliphatic carbocycles. The summed E-state index contributed by atoms with van der Waals surface area (Å²) in [5.74, 6) is -1.99. The fourth-order valence-corrected chi connectivity index (χ4v) is 5.82. The summed E-state index contributed by atoms with van der Waals surface area (Å²) in [6.07, 6.45) is -0.205. The lowest BCUT2D eigenvalue weighted by molar-refractivity contribution is -0.384. The second-order valence-electron chi connectivity index (χ2n) is 7.01. The van der Waals surface area contributed by atoms with Gasteiger partial charge in [0.15, 0.2) is 6.10 Å². The first kappa shape index (κ1) is 22.8. The van der Waals surface area contributed by atoms with Crippen LogP contribution in [0.4, 0.5) is 11.4 Å². The molecule has 0 spiro atoms. The Balaban J connectivity index is 1.59. The fourth-order valence-electron chi connectivity index (χ4n) is 3.16. The number of hydrogen-bond donors (Lipinski definition) is 1. The number of nitro groups is 1. The second kappa shape index (κ2) is 9.54. The Kier molecular flexibility index (Phi) is 7.03. The molecular weight excluding hydrogens is 446 g/mol. The molecule has 0 saturated carbocycles. The predicted octanol–water partition coefficient (Wildman–Crippen LogP) is 2.63. The molecule has 1 aliphatic heterocycles. The van der Waals surface area contributed by atoms with E-state index in [-0.39, 0.29) is 22.1 Å². The average Bonchev–Trinajstić information content (AvgIpc) is 3.29. The van der Waals surface area contributed by atoms with Crippen molar-refractivity contribution in [1.29, 1.82) is 0 Å². The van der Waals surface area contributed by atoms with Crippen molar-refractivity contribution in [2.75, 3.05) is 18.4 Å². The summed E-state index contributed by atoms with van der Waals surface area (Å²) in [4.78, 5) is 35.1. The second-order valence-corrected chi connectivity index (χ2v) is 10.1. The predicted molar refractivity (Wildman–Crippen MR) is 113 cm³/mol. The molecule has 1 aromatic heterocycles. The van der Waals surface area contributed by atoms with Crippen molar-refractivity contribution in [1.82, 2.24) is 4.31 Å². The lowest BCUT2D eigenvalue weighted by atomic mass is 10.00. The molecule has 1 saturated heterocycles. The van der Waals surface area contributed by atoms with Crippen LogP contribution in [0.3, 0.4) is 0 Å². The number of benzene rings is 1. The molecule has 166 valence electrons. The van der Waals surface area contributed by atoms with Crippen LogP contribution in [0.5, 0.6) is 0 Å². The largest absolute Gasteiger partial charge is 0.452 e. The zero-order valence-electron chi connectivity index (χ0n) is 16.6. The van der Waals surface area contributed by atoms with E-state index in [1.807, 2.05) is 0 Å². The van der Waals surface area contributed by atoms with Crippen molar-refractivity contribution < 1.29 is 27.7 Å². The van der Waals surface area contributed by atoms with E-state index in [1.165, 1.54) is 41.6 Å². The van der Waals surface area contributed by atoms with Gasteiger partial charge in [0.1, 0.15) is 4.21 Å². The SMILES string of the molecule is CC(OC(=O)C1CCCN(S(=O)(=O)c2cccs2)C1)C(=O)Nc1cccc([N+](=O)[O-])c1. The number of sulfonamides is 1. The summed E-state index contributed by atoms with van der Waals surface area (Å²) < 4.78 is 32.1. The lowest BCUT2D eigenvalue weighted by Crippen LogP contribution is -2.43. The Hall–Kier alpha value is -2.83. The van der Waals surface area contributed by atoms with E-state index in [2.05, 4.69) is 5.32 Å². The summed E-state index contributed by atoms with van der Waals surface area (Å²) in [6.45, 7) is 1.68. The molecule has 2 heterocycles. The van der Waals surface area contributed by atoms with Gasteiger partial charge in [-0.15, -0.1) is 11.3 Å². The van der Waals surface area contributed by atoms with E-state index in [1.54, 1.807) is 11.4 Å². The molecule has 2 aromatic rings. The third-order valence-corrected chi connectivity index (χ3v) is 8.03. The smallest absolute Gasteiger partial charge is 0.311 e. The lowest BCUT2D eigenvalue weighted by Gasteiger charge is -2.30. The van der Waals surface area contributed by atoms with E-state index < -0.39 is 38.8 Å². The minimum atomic E-state index is -3.67. The zero-order valence-corrected chi connectivity index (χ0v) is 18.2. The van der Waals surface area contributed by atoms with Gasteiger partial charge in [-0.05, 0) is 37.3 Å². The topological polar surface area (TPSA) is 136 Å². The number of hydrogen-bond acceptors (Lipinski definition) is 8. The molecule has 2 unspecified atom stereocenters. The highest BCUT2D eigenvalue weighted by atomic mass is 32.2. The van der Waals surface area contributed by atoms with Gasteiger partial charge < -0.3 is 10.1 Å². The van der Waals surface area contributed by atoms with Gasteiger partial charge in [-0.3, -0.25) is 19.7 Å². The fraction of sp³-hybridized carbons (Fsp3) is 0.368. The zero-order chi connectivity index (χ0) is 22.6. The average molecular weight is 468 g/mol. The monoisotopic (exact) mass is 467 g/mol. The first-order valence-corrected chi connectivity index (χ1v) is 11.8. The summed E-state index contributed by atoms with van der Waals surface area (Å²) in [6, 6.07) is 8.55. The van der Waals surface area contributed by atoms with Crippen LogP contribution < -0.4 is 5.32 Å². The maximum absolute atomic E-state index is 12.7. The highest BCUT2D eigenvalue weighted by molar-refractivity contribution is 7.91. The van der Waals surface area contributed by atoms with Gasteiger partial charge >= 0.3 is 5.97 Å². The van der Waals surface area contributed by atoms with Crippen LogP contribution in [0.2, 0.25) is 0 Å². The van der Waals surface area contributed by atoms with Crippen molar-refractivity contribution in [3.05, 3.63) is 51.9 Å². The van der Waals surface area contributed by atoms with Crippen LogP contribution in [0, 0.1) is 16.0 Å². The number of ether oxygens (including phenoxy) is 1. The van der Waals surface area contributed by atoms with Crippen LogP contribution in [-0.4, -0.2) is 48.7 Å². The Labute approximate surface area is 183 Å². The van der Waals surface area contributed by atoms with E-state index in [9.17, 15) is 28.1 Å². The molecule has 0 bridgehead atoms. The van der Waals surface area contributed by atoms with Crippen molar-refractivity contribution in [3.8, 4) is 0 Å². The Morgan fingerprint density at radius 3 is 2.77 bits per heavy atom. The van der Waals surface area contributed by atoms with Gasteiger partial charge in [-0.25, -0.2) is 8.42 Å². The minimum absolute atomic E-state index is 0.0156. The Bertz CT molecular complexity index is 1070. The number of esters is 1. The summed E-state index contributed by atoms with van der Waals surface area (Å²) >= 11 is 1.11. The van der Waals surface area contributed by atoms with Crippen LogP contribution in [0.1, 0.15) is 19.8 Å². The normalized spacial score (nSPS) is 18.2. The number of nitrogens with one attached hydrogen (secondary N) is 1. The molecular formula is C19H21N3O7S2. The molecule has 1 aliphatic rings. The number of piperidine rings is 1. The molecule has 1 aromatic carbocycles. The van der Waals surface area contributed by atoms with Crippen LogP contribution in [0.25, 0.3) is 0 Å². The molecule has 10 nitrogen and oxygen atoms in total. The number of thiophene rings is 1. The van der Waals surface area contributed by atoms with Gasteiger partial charge in [-0.2, -0.15) is 4.31 Å². The number of amides is 1. The Morgan fingerprint density at radius 1 is 1.32 bits per heavy atom. The molecule has 0 radical (unpaired) electrons. The van der Waals surface area contributed by atoms with Gasteiger partial charge in [0.05, 0.1) is 10.8 Å². The molecule has 1 amide bonds. The van der Waals surface area contributed by atoms with E-state index in [0.717, 1.165) is 11.3 Å². The van der Waals surface area contributed by atoms with Gasteiger partial charge in [-0.1, -0.05) is 12.1 Å². The van der Waals surface area contributed by atoms with E-state index in [4.69, 9.17) is 4.74 Å². The van der Waals surface area contributed by atoms with Crippen LogP contribution in [-0.2, 0) is 24.3 Å². The van der Waals surface area contributed by atoms with Crippen LogP contribution in [0.15, 0.2) is 46.0 Å². The minimum Gasteiger partial charge on any atom is -0.452 e. The number of rotatable bonds is 7. The molecule has 3 rings (SSSR count). The molecule has 2 atom stereocenters. The molecule has 31 heavy (non-hydrogen) atoms. The van der Waals surface area contributed by atoms with Crippen LogP contribution >= 0.6 is 11.3 Å². The highest BCUT2D eigenvalue weighted by Gasteiger charge is 2.35. The molecule has 12 heteroatoms. The number of anilines is 1. The number of nitrogens with zero attached hydrogens (tertiary/aromatic N) is 2. The quantitative estimate of drug-likeness (QED) is 0.375. The third-order valence-electron chi connectivity index (χ3n) is 4.79. The van der Waals surface area contributed by atoms with Crippen molar-refractivity contribution in [3.63, 3.8) is 0 Å². The third kappa shape index (κ3) is 5.46. The van der Waals surface area contributed by atoms with Gasteiger partial charge in [0.2, 0.25) is 0 Å². The summed E-state index contributed by atoms with van der Waals surface area (Å²) in [5, 5.41) is 15.0. The van der Waals surface area contributed by atoms with Gasteiger partial charge in [0.25, 0.3) is 21.6 Å². The maximum Gasteiger partial charge on any atom is 0.311 e. The summed E-state index contributed by atoms with van der Waals surface area (Å²) in [7, 11) is -3.67. The van der Waals surface area contributed by atoms with E-state index >= 15 is 0 Å².